The van der Waals surface area contributed by atoms with E-state index in [4.69, 9.17) is 9.47 Å². The summed E-state index contributed by atoms with van der Waals surface area (Å²) in [7, 11) is 0. The lowest BCUT2D eigenvalue weighted by Gasteiger charge is -2.28. The van der Waals surface area contributed by atoms with E-state index >= 15 is 0 Å². The number of benzene rings is 1. The number of amides is 2. The highest BCUT2D eigenvalue weighted by Gasteiger charge is 2.29. The highest BCUT2D eigenvalue weighted by Crippen LogP contribution is 2.31. The van der Waals surface area contributed by atoms with Crippen molar-refractivity contribution in [2.75, 3.05) is 18.1 Å². The molecule has 0 radical (unpaired) electrons. The van der Waals surface area contributed by atoms with Crippen LogP contribution in [0.1, 0.15) is 18.2 Å². The number of carbonyl (C=O) groups is 3. The second kappa shape index (κ2) is 8.68. The van der Waals surface area contributed by atoms with Gasteiger partial charge in [-0.15, -0.1) is 11.3 Å². The SMILES string of the molecule is CCC(OC(=O)CN1C(=O)COc2ccccc21)C(=O)NCc1cccs1. The average Bonchev–Trinajstić information content (AvgIpc) is 3.20. The number of rotatable bonds is 7. The quantitative estimate of drug-likeness (QED) is 0.735. The first-order valence-electron chi connectivity index (χ1n) is 8.60. The first-order valence-corrected chi connectivity index (χ1v) is 9.48. The molecule has 1 aliphatic rings. The lowest BCUT2D eigenvalue weighted by atomic mass is 10.2. The number of ether oxygens (including phenoxy) is 2. The van der Waals surface area contributed by atoms with Crippen LogP contribution in [0.25, 0.3) is 0 Å². The molecule has 3 rings (SSSR count). The van der Waals surface area contributed by atoms with E-state index in [1.807, 2.05) is 17.5 Å². The highest BCUT2D eigenvalue weighted by molar-refractivity contribution is 7.09. The standard InChI is InChI=1S/C19H20N2O5S/c1-2-15(19(24)20-10-13-6-5-9-27-13)26-18(23)11-21-14-7-3-4-8-16(14)25-12-17(21)22/h3-9,15H,2,10-12H2,1H3,(H,20,24). The van der Waals surface area contributed by atoms with E-state index in [2.05, 4.69) is 5.32 Å². The van der Waals surface area contributed by atoms with Crippen LogP contribution in [0.3, 0.4) is 0 Å². The molecular weight excluding hydrogens is 368 g/mol. The van der Waals surface area contributed by atoms with Gasteiger partial charge in [-0.2, -0.15) is 0 Å². The minimum absolute atomic E-state index is 0.136. The zero-order chi connectivity index (χ0) is 19.2. The van der Waals surface area contributed by atoms with E-state index in [9.17, 15) is 14.4 Å². The molecule has 1 unspecified atom stereocenters. The van der Waals surface area contributed by atoms with Crippen molar-refractivity contribution in [3.63, 3.8) is 0 Å². The highest BCUT2D eigenvalue weighted by atomic mass is 32.1. The zero-order valence-electron chi connectivity index (χ0n) is 14.8. The molecule has 0 fully saturated rings. The molecule has 2 aromatic rings. The van der Waals surface area contributed by atoms with Crippen LogP contribution in [0.5, 0.6) is 5.75 Å². The van der Waals surface area contributed by atoms with E-state index in [-0.39, 0.29) is 25.0 Å². The molecule has 0 aliphatic carbocycles. The third kappa shape index (κ3) is 4.65. The summed E-state index contributed by atoms with van der Waals surface area (Å²) in [5.41, 5.74) is 0.515. The molecule has 27 heavy (non-hydrogen) atoms. The van der Waals surface area contributed by atoms with E-state index < -0.39 is 12.1 Å². The monoisotopic (exact) mass is 388 g/mol. The van der Waals surface area contributed by atoms with Crippen LogP contribution in [0.15, 0.2) is 41.8 Å². The Balaban J connectivity index is 1.58. The number of hydrogen-bond donors (Lipinski definition) is 1. The summed E-state index contributed by atoms with van der Waals surface area (Å²) >= 11 is 1.54. The van der Waals surface area contributed by atoms with Gasteiger partial charge in [0.1, 0.15) is 12.3 Å². The number of thiophene rings is 1. The molecule has 0 spiro atoms. The normalized spacial score (nSPS) is 14.1. The van der Waals surface area contributed by atoms with Gasteiger partial charge in [-0.05, 0) is 30.0 Å². The molecule has 8 heteroatoms. The Morgan fingerprint density at radius 3 is 2.85 bits per heavy atom. The summed E-state index contributed by atoms with van der Waals surface area (Å²) in [6, 6.07) is 10.8. The van der Waals surface area contributed by atoms with Crippen LogP contribution in [-0.4, -0.2) is 37.0 Å². The molecule has 2 amide bonds. The van der Waals surface area contributed by atoms with Gasteiger partial charge >= 0.3 is 5.97 Å². The summed E-state index contributed by atoms with van der Waals surface area (Å²) in [6.45, 7) is 1.74. The number of esters is 1. The Morgan fingerprint density at radius 2 is 2.11 bits per heavy atom. The van der Waals surface area contributed by atoms with Gasteiger partial charge in [0, 0.05) is 4.88 Å². The number of para-hydroxylation sites is 2. The molecule has 1 aromatic carbocycles. The van der Waals surface area contributed by atoms with Crippen LogP contribution >= 0.6 is 11.3 Å². The number of fused-ring (bicyclic) bond motifs is 1. The van der Waals surface area contributed by atoms with Gasteiger partial charge in [-0.25, -0.2) is 0 Å². The summed E-state index contributed by atoms with van der Waals surface area (Å²) in [6.07, 6.45) is -0.556. The Bertz CT molecular complexity index is 821. The second-order valence-electron chi connectivity index (χ2n) is 5.92. The molecule has 1 atom stereocenters. The minimum Gasteiger partial charge on any atom is -0.482 e. The van der Waals surface area contributed by atoms with Gasteiger partial charge in [-0.3, -0.25) is 19.3 Å². The van der Waals surface area contributed by atoms with Crippen molar-refractivity contribution < 1.29 is 23.9 Å². The van der Waals surface area contributed by atoms with Gasteiger partial charge < -0.3 is 14.8 Å². The molecule has 0 bridgehead atoms. The molecule has 0 saturated heterocycles. The molecule has 1 aliphatic heterocycles. The maximum absolute atomic E-state index is 12.3. The molecule has 0 saturated carbocycles. The van der Waals surface area contributed by atoms with Gasteiger partial charge in [0.15, 0.2) is 12.7 Å². The fourth-order valence-electron chi connectivity index (χ4n) is 2.68. The molecule has 7 nitrogen and oxygen atoms in total. The van der Waals surface area contributed by atoms with Crippen LogP contribution in [0.2, 0.25) is 0 Å². The Hall–Kier alpha value is -2.87. The van der Waals surface area contributed by atoms with Crippen LogP contribution in [-0.2, 0) is 25.7 Å². The van der Waals surface area contributed by atoms with Gasteiger partial charge in [0.2, 0.25) is 0 Å². The van der Waals surface area contributed by atoms with Crippen molar-refractivity contribution in [1.82, 2.24) is 5.32 Å². The lowest BCUT2D eigenvalue weighted by molar-refractivity contribution is -0.155. The largest absolute Gasteiger partial charge is 0.482 e. The van der Waals surface area contributed by atoms with E-state index in [1.54, 1.807) is 31.2 Å². The van der Waals surface area contributed by atoms with Crippen LogP contribution in [0.4, 0.5) is 5.69 Å². The fourth-order valence-corrected chi connectivity index (χ4v) is 3.32. The van der Waals surface area contributed by atoms with Crippen molar-refractivity contribution in [1.29, 1.82) is 0 Å². The van der Waals surface area contributed by atoms with E-state index in [1.165, 1.54) is 16.2 Å². The lowest BCUT2D eigenvalue weighted by Crippen LogP contribution is -2.44. The number of carbonyl (C=O) groups excluding carboxylic acids is 3. The number of hydrogen-bond acceptors (Lipinski definition) is 6. The summed E-state index contributed by atoms with van der Waals surface area (Å²) in [5, 5.41) is 4.69. The van der Waals surface area contributed by atoms with Crippen molar-refractivity contribution >= 4 is 34.8 Å². The van der Waals surface area contributed by atoms with Gasteiger partial charge in [-0.1, -0.05) is 25.1 Å². The Morgan fingerprint density at radius 1 is 1.30 bits per heavy atom. The molecular formula is C19H20N2O5S. The Kier molecular flexibility index (Phi) is 6.08. The maximum Gasteiger partial charge on any atom is 0.326 e. The number of nitrogens with one attached hydrogen (secondary N) is 1. The third-order valence-corrected chi connectivity index (χ3v) is 4.93. The van der Waals surface area contributed by atoms with Crippen molar-refractivity contribution in [2.45, 2.75) is 26.0 Å². The smallest absolute Gasteiger partial charge is 0.326 e. The van der Waals surface area contributed by atoms with Crippen LogP contribution in [0, 0.1) is 0 Å². The van der Waals surface area contributed by atoms with Gasteiger partial charge in [0.25, 0.3) is 11.8 Å². The number of anilines is 1. The fraction of sp³-hybridized carbons (Fsp3) is 0.316. The van der Waals surface area contributed by atoms with Crippen molar-refractivity contribution in [3.8, 4) is 5.75 Å². The zero-order valence-corrected chi connectivity index (χ0v) is 15.7. The molecule has 2 heterocycles. The second-order valence-corrected chi connectivity index (χ2v) is 6.95. The molecule has 1 N–H and O–H groups in total. The minimum atomic E-state index is -0.899. The maximum atomic E-state index is 12.3. The average molecular weight is 388 g/mol. The van der Waals surface area contributed by atoms with Gasteiger partial charge in [0.05, 0.1) is 12.2 Å². The summed E-state index contributed by atoms with van der Waals surface area (Å²) in [5.74, 6) is -0.794. The first kappa shape index (κ1) is 18.9. The predicted octanol–water partition coefficient (Wildman–Crippen LogP) is 2.11. The van der Waals surface area contributed by atoms with Crippen molar-refractivity contribution in [2.24, 2.45) is 0 Å². The summed E-state index contributed by atoms with van der Waals surface area (Å²) < 4.78 is 10.7. The van der Waals surface area contributed by atoms with E-state index in [0.29, 0.717) is 24.4 Å². The number of nitrogens with zero attached hydrogens (tertiary/aromatic N) is 1. The predicted molar refractivity (Wildman–Crippen MR) is 101 cm³/mol. The molecule has 142 valence electrons. The molecule has 1 aromatic heterocycles. The van der Waals surface area contributed by atoms with E-state index in [0.717, 1.165) is 4.88 Å². The Labute approximate surface area is 160 Å². The summed E-state index contributed by atoms with van der Waals surface area (Å²) in [4.78, 5) is 39.1. The third-order valence-electron chi connectivity index (χ3n) is 4.05. The van der Waals surface area contributed by atoms with Crippen molar-refractivity contribution in [3.05, 3.63) is 46.7 Å². The van der Waals surface area contributed by atoms with Crippen LogP contribution < -0.4 is 15.0 Å². The topological polar surface area (TPSA) is 84.9 Å². The first-order chi connectivity index (χ1) is 13.1.